The standard InChI is InChI=1S/C22H21N5O/c1-24-22-19-13-16(15-4-7-18(8-5-15)28-12-10-23)6-9-20(19)26-21(27-22)17-3-2-11-25-14-17/h2-9,11,13-14H,10,12,23H2,1H3,(H,24,26,27). The molecule has 4 aromatic rings. The molecule has 0 radical (unpaired) electrons. The van der Waals surface area contributed by atoms with E-state index in [2.05, 4.69) is 27.4 Å². The van der Waals surface area contributed by atoms with E-state index >= 15 is 0 Å². The SMILES string of the molecule is CNc1nc(-c2cccnc2)nc2ccc(-c3ccc(OCCN)cc3)cc12. The molecule has 2 aromatic carbocycles. The predicted octanol–water partition coefficient (Wildman–Crippen LogP) is 3.74. The van der Waals surface area contributed by atoms with Gasteiger partial charge in [-0.3, -0.25) is 4.98 Å². The van der Waals surface area contributed by atoms with E-state index in [0.717, 1.165) is 39.2 Å². The number of anilines is 1. The molecule has 0 saturated heterocycles. The number of hydrogen-bond acceptors (Lipinski definition) is 6. The van der Waals surface area contributed by atoms with Crippen LogP contribution in [-0.4, -0.2) is 35.2 Å². The van der Waals surface area contributed by atoms with Crippen LogP contribution in [0.15, 0.2) is 67.0 Å². The summed E-state index contributed by atoms with van der Waals surface area (Å²) in [6.07, 6.45) is 3.51. The maximum atomic E-state index is 5.55. The molecule has 3 N–H and O–H groups in total. The van der Waals surface area contributed by atoms with Crippen LogP contribution in [0.3, 0.4) is 0 Å². The minimum Gasteiger partial charge on any atom is -0.492 e. The fourth-order valence-corrected chi connectivity index (χ4v) is 3.04. The van der Waals surface area contributed by atoms with Gasteiger partial charge in [0.15, 0.2) is 5.82 Å². The van der Waals surface area contributed by atoms with E-state index in [9.17, 15) is 0 Å². The molecule has 140 valence electrons. The Morgan fingerprint density at radius 2 is 1.79 bits per heavy atom. The summed E-state index contributed by atoms with van der Waals surface area (Å²) in [5.74, 6) is 2.25. The second kappa shape index (κ2) is 8.02. The van der Waals surface area contributed by atoms with Crippen LogP contribution in [0, 0.1) is 0 Å². The first-order chi connectivity index (χ1) is 13.8. The number of aromatic nitrogens is 3. The van der Waals surface area contributed by atoms with Gasteiger partial charge in [0, 0.05) is 36.9 Å². The molecule has 0 aliphatic rings. The van der Waals surface area contributed by atoms with Gasteiger partial charge in [-0.2, -0.15) is 0 Å². The summed E-state index contributed by atoms with van der Waals surface area (Å²) < 4.78 is 5.55. The summed E-state index contributed by atoms with van der Waals surface area (Å²) in [6, 6.07) is 18.0. The molecule has 0 bridgehead atoms. The minimum atomic E-state index is 0.500. The maximum absolute atomic E-state index is 5.55. The molecule has 0 aliphatic heterocycles. The highest BCUT2D eigenvalue weighted by molar-refractivity contribution is 5.93. The van der Waals surface area contributed by atoms with Gasteiger partial charge < -0.3 is 15.8 Å². The van der Waals surface area contributed by atoms with Crippen molar-refractivity contribution in [3.05, 3.63) is 67.0 Å². The normalized spacial score (nSPS) is 10.8. The number of nitrogens with zero attached hydrogens (tertiary/aromatic N) is 3. The lowest BCUT2D eigenvalue weighted by molar-refractivity contribution is 0.328. The Bertz CT molecular complexity index is 1080. The largest absolute Gasteiger partial charge is 0.492 e. The van der Waals surface area contributed by atoms with E-state index in [1.807, 2.05) is 49.5 Å². The molecule has 2 heterocycles. The molecule has 0 fully saturated rings. The number of rotatable bonds is 6. The van der Waals surface area contributed by atoms with Crippen molar-refractivity contribution in [1.82, 2.24) is 15.0 Å². The molecule has 28 heavy (non-hydrogen) atoms. The van der Waals surface area contributed by atoms with Gasteiger partial charge in [0.1, 0.15) is 18.2 Å². The van der Waals surface area contributed by atoms with Crippen molar-refractivity contribution in [2.45, 2.75) is 0 Å². The van der Waals surface area contributed by atoms with Crippen molar-refractivity contribution in [2.75, 3.05) is 25.5 Å². The minimum absolute atomic E-state index is 0.500. The number of nitrogens with two attached hydrogens (primary N) is 1. The fourth-order valence-electron chi connectivity index (χ4n) is 3.04. The molecule has 0 atom stereocenters. The van der Waals surface area contributed by atoms with Crippen LogP contribution in [0.4, 0.5) is 5.82 Å². The number of ether oxygens (including phenoxy) is 1. The predicted molar refractivity (Wildman–Crippen MR) is 112 cm³/mol. The number of benzene rings is 2. The summed E-state index contributed by atoms with van der Waals surface area (Å²) in [4.78, 5) is 13.6. The van der Waals surface area contributed by atoms with E-state index in [0.29, 0.717) is 19.0 Å². The average Bonchev–Trinajstić information content (AvgIpc) is 2.77. The Hall–Kier alpha value is -3.51. The summed E-state index contributed by atoms with van der Waals surface area (Å²) in [6.45, 7) is 1.01. The maximum Gasteiger partial charge on any atom is 0.163 e. The van der Waals surface area contributed by atoms with Crippen molar-refractivity contribution in [3.8, 4) is 28.3 Å². The Morgan fingerprint density at radius 1 is 0.964 bits per heavy atom. The molecule has 6 heteroatoms. The molecule has 0 saturated carbocycles. The van der Waals surface area contributed by atoms with E-state index in [4.69, 9.17) is 15.5 Å². The number of pyridine rings is 1. The van der Waals surface area contributed by atoms with Crippen LogP contribution in [0.5, 0.6) is 5.75 Å². The zero-order valence-corrected chi connectivity index (χ0v) is 15.6. The van der Waals surface area contributed by atoms with Crippen LogP contribution < -0.4 is 15.8 Å². The quantitative estimate of drug-likeness (QED) is 0.537. The number of hydrogen-bond donors (Lipinski definition) is 2. The molecule has 2 aromatic heterocycles. The highest BCUT2D eigenvalue weighted by Gasteiger charge is 2.10. The van der Waals surface area contributed by atoms with Crippen molar-refractivity contribution in [2.24, 2.45) is 5.73 Å². The zero-order chi connectivity index (χ0) is 19.3. The summed E-state index contributed by atoms with van der Waals surface area (Å²) >= 11 is 0. The van der Waals surface area contributed by atoms with Crippen molar-refractivity contribution in [1.29, 1.82) is 0 Å². The summed E-state index contributed by atoms with van der Waals surface area (Å²) in [5, 5.41) is 4.16. The molecule has 0 aliphatic carbocycles. The highest BCUT2D eigenvalue weighted by Crippen LogP contribution is 2.30. The molecular weight excluding hydrogens is 350 g/mol. The second-order valence-electron chi connectivity index (χ2n) is 6.28. The first-order valence-corrected chi connectivity index (χ1v) is 9.12. The Morgan fingerprint density at radius 3 is 2.50 bits per heavy atom. The molecule has 0 unspecified atom stereocenters. The third kappa shape index (κ3) is 3.63. The second-order valence-corrected chi connectivity index (χ2v) is 6.28. The third-order valence-corrected chi connectivity index (χ3v) is 4.43. The monoisotopic (exact) mass is 371 g/mol. The van der Waals surface area contributed by atoms with Gasteiger partial charge in [0.05, 0.1) is 5.52 Å². The van der Waals surface area contributed by atoms with Crippen LogP contribution >= 0.6 is 0 Å². The summed E-state index contributed by atoms with van der Waals surface area (Å²) in [5.41, 5.74) is 9.43. The van der Waals surface area contributed by atoms with Gasteiger partial charge in [-0.1, -0.05) is 18.2 Å². The lowest BCUT2D eigenvalue weighted by Crippen LogP contribution is -2.10. The van der Waals surface area contributed by atoms with Gasteiger partial charge in [0.25, 0.3) is 0 Å². The molecule has 6 nitrogen and oxygen atoms in total. The van der Waals surface area contributed by atoms with Crippen molar-refractivity contribution in [3.63, 3.8) is 0 Å². The molecule has 0 amide bonds. The lowest BCUT2D eigenvalue weighted by atomic mass is 10.0. The first-order valence-electron chi connectivity index (χ1n) is 9.12. The molecule has 0 spiro atoms. The van der Waals surface area contributed by atoms with Crippen molar-refractivity contribution < 1.29 is 4.74 Å². The highest BCUT2D eigenvalue weighted by atomic mass is 16.5. The molecular formula is C22H21N5O. The lowest BCUT2D eigenvalue weighted by Gasteiger charge is -2.11. The average molecular weight is 371 g/mol. The Kier molecular flexibility index (Phi) is 5.12. The van der Waals surface area contributed by atoms with Gasteiger partial charge >= 0.3 is 0 Å². The van der Waals surface area contributed by atoms with Gasteiger partial charge in [-0.15, -0.1) is 0 Å². The van der Waals surface area contributed by atoms with E-state index < -0.39 is 0 Å². The van der Waals surface area contributed by atoms with E-state index in [-0.39, 0.29) is 0 Å². The fraction of sp³-hybridized carbons (Fsp3) is 0.136. The Balaban J connectivity index is 1.72. The van der Waals surface area contributed by atoms with Crippen LogP contribution in [0.25, 0.3) is 33.4 Å². The zero-order valence-electron chi connectivity index (χ0n) is 15.6. The first kappa shape index (κ1) is 17.9. The van der Waals surface area contributed by atoms with Gasteiger partial charge in [0.2, 0.25) is 0 Å². The van der Waals surface area contributed by atoms with E-state index in [1.165, 1.54) is 0 Å². The third-order valence-electron chi connectivity index (χ3n) is 4.43. The van der Waals surface area contributed by atoms with Crippen LogP contribution in [0.2, 0.25) is 0 Å². The van der Waals surface area contributed by atoms with Gasteiger partial charge in [-0.05, 0) is 47.5 Å². The van der Waals surface area contributed by atoms with Crippen LogP contribution in [0.1, 0.15) is 0 Å². The summed E-state index contributed by atoms with van der Waals surface area (Å²) in [7, 11) is 1.87. The van der Waals surface area contributed by atoms with Gasteiger partial charge in [-0.25, -0.2) is 9.97 Å². The van der Waals surface area contributed by atoms with Crippen LogP contribution in [-0.2, 0) is 0 Å². The van der Waals surface area contributed by atoms with E-state index in [1.54, 1.807) is 12.4 Å². The topological polar surface area (TPSA) is 86.0 Å². The Labute approximate surface area is 163 Å². The molecule has 4 rings (SSSR count). The number of nitrogens with one attached hydrogen (secondary N) is 1. The smallest absolute Gasteiger partial charge is 0.163 e. The number of fused-ring (bicyclic) bond motifs is 1. The van der Waals surface area contributed by atoms with Crippen molar-refractivity contribution >= 4 is 16.7 Å².